The highest BCUT2D eigenvalue weighted by molar-refractivity contribution is 5.85. The molecule has 1 unspecified atom stereocenters. The molecule has 0 amide bonds. The first kappa shape index (κ1) is 25.7. The Morgan fingerprint density at radius 2 is 1.65 bits per heavy atom. The summed E-state index contributed by atoms with van der Waals surface area (Å²) >= 11 is 0. The largest absolute Gasteiger partial charge is 0.361 e. The van der Waals surface area contributed by atoms with E-state index in [2.05, 4.69) is 97.0 Å². The molecule has 2 aromatic carbocycles. The molecule has 3 aromatic rings. The first-order valence-corrected chi connectivity index (χ1v) is 11.1. The molecule has 1 aliphatic carbocycles. The fourth-order valence-corrected chi connectivity index (χ4v) is 5.17. The summed E-state index contributed by atoms with van der Waals surface area (Å²) in [7, 11) is 4.49. The predicted molar refractivity (Wildman–Crippen MR) is 138 cm³/mol. The predicted octanol–water partition coefficient (Wildman–Crippen LogP) is 6.18. The van der Waals surface area contributed by atoms with E-state index in [0.29, 0.717) is 6.04 Å². The van der Waals surface area contributed by atoms with Gasteiger partial charge in [-0.25, -0.2) is 0 Å². The van der Waals surface area contributed by atoms with Gasteiger partial charge < -0.3 is 10.3 Å². The number of fused-ring (bicyclic) bond motifs is 1. The number of para-hydroxylation sites is 1. The van der Waals surface area contributed by atoms with Crippen molar-refractivity contribution in [3.05, 3.63) is 71.9 Å². The zero-order valence-corrected chi connectivity index (χ0v) is 20.6. The van der Waals surface area contributed by atoms with Crippen molar-refractivity contribution >= 4 is 35.7 Å². The third-order valence-corrected chi connectivity index (χ3v) is 7.06. The van der Waals surface area contributed by atoms with Crippen LogP contribution in [0.2, 0.25) is 0 Å². The van der Waals surface area contributed by atoms with Gasteiger partial charge >= 0.3 is 0 Å². The maximum absolute atomic E-state index is 3.82. The van der Waals surface area contributed by atoms with Gasteiger partial charge in [-0.15, -0.1) is 24.8 Å². The summed E-state index contributed by atoms with van der Waals surface area (Å²) in [5.41, 5.74) is 4.33. The van der Waals surface area contributed by atoms with Gasteiger partial charge in [-0.1, -0.05) is 48.5 Å². The zero-order valence-electron chi connectivity index (χ0n) is 18.9. The van der Waals surface area contributed by atoms with Crippen LogP contribution in [0.5, 0.6) is 0 Å². The highest BCUT2D eigenvalue weighted by Gasteiger charge is 2.38. The smallest absolute Gasteiger partial charge is 0.0456 e. The minimum atomic E-state index is 0. The van der Waals surface area contributed by atoms with E-state index < -0.39 is 0 Å². The van der Waals surface area contributed by atoms with E-state index in [1.54, 1.807) is 0 Å². The van der Waals surface area contributed by atoms with Crippen LogP contribution >= 0.6 is 24.8 Å². The van der Waals surface area contributed by atoms with Crippen molar-refractivity contribution in [2.45, 2.75) is 50.6 Å². The first-order chi connectivity index (χ1) is 14.1. The van der Waals surface area contributed by atoms with Gasteiger partial charge in [0.25, 0.3) is 0 Å². The molecule has 2 N–H and O–H groups in total. The molecule has 0 spiro atoms. The molecule has 0 saturated heterocycles. The molecule has 0 bridgehead atoms. The molecule has 1 fully saturated rings. The van der Waals surface area contributed by atoms with Crippen LogP contribution in [0, 0.1) is 5.92 Å². The molecule has 3 nitrogen and oxygen atoms in total. The number of nitrogens with zero attached hydrogens (tertiary/aromatic N) is 1. The molecule has 5 heteroatoms. The van der Waals surface area contributed by atoms with Crippen molar-refractivity contribution in [1.29, 1.82) is 0 Å². The van der Waals surface area contributed by atoms with Crippen LogP contribution in [-0.2, 0) is 12.0 Å². The van der Waals surface area contributed by atoms with E-state index in [1.807, 2.05) is 0 Å². The quantitative estimate of drug-likeness (QED) is 0.439. The van der Waals surface area contributed by atoms with Gasteiger partial charge in [0.05, 0.1) is 0 Å². The fourth-order valence-electron chi connectivity index (χ4n) is 5.17. The summed E-state index contributed by atoms with van der Waals surface area (Å²) in [6.45, 7) is 3.44. The second-order valence-electron chi connectivity index (χ2n) is 9.11. The van der Waals surface area contributed by atoms with Crippen molar-refractivity contribution in [1.82, 2.24) is 15.2 Å². The van der Waals surface area contributed by atoms with Gasteiger partial charge in [0.2, 0.25) is 0 Å². The van der Waals surface area contributed by atoms with Gasteiger partial charge in [-0.2, -0.15) is 0 Å². The van der Waals surface area contributed by atoms with E-state index in [-0.39, 0.29) is 30.4 Å². The number of halogens is 2. The topological polar surface area (TPSA) is 31.1 Å². The average molecular weight is 463 g/mol. The second kappa shape index (κ2) is 11.4. The molecule has 1 aliphatic rings. The second-order valence-corrected chi connectivity index (χ2v) is 9.11. The van der Waals surface area contributed by atoms with Crippen molar-refractivity contribution in [3.63, 3.8) is 0 Å². The van der Waals surface area contributed by atoms with Gasteiger partial charge in [0.15, 0.2) is 0 Å². The third kappa shape index (κ3) is 5.64. The van der Waals surface area contributed by atoms with Crippen molar-refractivity contribution in [2.24, 2.45) is 5.92 Å². The van der Waals surface area contributed by atoms with Crippen molar-refractivity contribution in [3.8, 4) is 0 Å². The molecular weight excluding hydrogens is 425 g/mol. The Hall–Kier alpha value is -1.52. The lowest BCUT2D eigenvalue weighted by Crippen LogP contribution is -2.45. The van der Waals surface area contributed by atoms with E-state index >= 15 is 0 Å². The monoisotopic (exact) mass is 461 g/mol. The number of rotatable bonds is 7. The molecule has 4 rings (SSSR count). The fraction of sp³-hybridized carbons (Fsp3) is 0.462. The number of nitrogens with one attached hydrogen (secondary N) is 2. The molecule has 1 aromatic heterocycles. The number of benzene rings is 2. The minimum absolute atomic E-state index is 0. The van der Waals surface area contributed by atoms with Gasteiger partial charge in [0, 0.05) is 28.7 Å². The van der Waals surface area contributed by atoms with Crippen LogP contribution in [-0.4, -0.2) is 36.6 Å². The summed E-state index contributed by atoms with van der Waals surface area (Å²) in [6.07, 6.45) is 8.32. The van der Waals surface area contributed by atoms with Crippen molar-refractivity contribution < 1.29 is 0 Å². The number of aromatic nitrogens is 1. The maximum Gasteiger partial charge on any atom is 0.0456 e. The molecule has 170 valence electrons. The van der Waals surface area contributed by atoms with Gasteiger partial charge in [0.1, 0.15) is 0 Å². The maximum atomic E-state index is 3.82. The SMILES string of the molecule is CC(Cc1c[nH]c2ccccc12)NCC1CCC(c2ccccc2)(N(C)C)CC1.Cl.Cl. The number of hydrogen-bond acceptors (Lipinski definition) is 2. The van der Waals surface area contributed by atoms with Crippen LogP contribution in [0.3, 0.4) is 0 Å². The average Bonchev–Trinajstić information content (AvgIpc) is 3.16. The number of H-pyrrole nitrogens is 1. The van der Waals surface area contributed by atoms with Crippen LogP contribution in [0.15, 0.2) is 60.8 Å². The molecule has 31 heavy (non-hydrogen) atoms. The molecular formula is C26H37Cl2N3. The standard InChI is InChI=1S/C26H35N3.2ClH/c1-20(17-22-19-28-25-12-8-7-11-24(22)25)27-18-21-13-15-26(16-14-21,29(2)3)23-9-5-4-6-10-23;;/h4-12,19-21,27-28H,13-18H2,1-3H3;2*1H. The Labute approximate surface area is 199 Å². The minimum Gasteiger partial charge on any atom is -0.361 e. The summed E-state index contributed by atoms with van der Waals surface area (Å²) in [4.78, 5) is 5.85. The first-order valence-electron chi connectivity index (χ1n) is 11.1. The number of hydrogen-bond donors (Lipinski definition) is 2. The summed E-state index contributed by atoms with van der Waals surface area (Å²) in [5, 5.41) is 5.18. The highest BCUT2D eigenvalue weighted by Crippen LogP contribution is 2.42. The molecule has 1 atom stereocenters. The Balaban J connectivity index is 0.00000171. The number of aromatic amines is 1. The Kier molecular flexibility index (Phi) is 9.45. The molecule has 0 radical (unpaired) electrons. The van der Waals surface area contributed by atoms with Crippen molar-refractivity contribution in [2.75, 3.05) is 20.6 Å². The van der Waals surface area contributed by atoms with E-state index in [1.165, 1.54) is 47.7 Å². The van der Waals surface area contributed by atoms with Gasteiger partial charge in [-0.3, -0.25) is 4.90 Å². The lowest BCUT2D eigenvalue weighted by molar-refractivity contribution is 0.0765. The molecule has 0 aliphatic heterocycles. The van der Waals surface area contributed by atoms with E-state index in [0.717, 1.165) is 18.9 Å². The lowest BCUT2D eigenvalue weighted by Gasteiger charge is -2.46. The Morgan fingerprint density at radius 3 is 2.32 bits per heavy atom. The summed E-state index contributed by atoms with van der Waals surface area (Å²) in [5.74, 6) is 0.775. The summed E-state index contributed by atoms with van der Waals surface area (Å²) in [6, 6.07) is 20.2. The van der Waals surface area contributed by atoms with E-state index in [9.17, 15) is 0 Å². The van der Waals surface area contributed by atoms with Gasteiger partial charge in [-0.05, 0) is 82.8 Å². The van der Waals surface area contributed by atoms with Crippen LogP contribution in [0.1, 0.15) is 43.7 Å². The van der Waals surface area contributed by atoms with Crippen LogP contribution < -0.4 is 5.32 Å². The molecule has 1 saturated carbocycles. The normalized spacial score (nSPS) is 22.0. The highest BCUT2D eigenvalue weighted by atomic mass is 35.5. The Morgan fingerprint density at radius 1 is 1.00 bits per heavy atom. The zero-order chi connectivity index (χ0) is 20.3. The Bertz CT molecular complexity index is 915. The lowest BCUT2D eigenvalue weighted by atomic mass is 9.72. The summed E-state index contributed by atoms with van der Waals surface area (Å²) < 4.78 is 0. The molecule has 1 heterocycles. The van der Waals surface area contributed by atoms with E-state index in [4.69, 9.17) is 0 Å². The van der Waals surface area contributed by atoms with Crippen LogP contribution in [0.25, 0.3) is 10.9 Å². The van der Waals surface area contributed by atoms with Crippen LogP contribution in [0.4, 0.5) is 0 Å². The third-order valence-electron chi connectivity index (χ3n) is 7.06.